The summed E-state index contributed by atoms with van der Waals surface area (Å²) >= 11 is 0. The van der Waals surface area contributed by atoms with Gasteiger partial charge in [0.2, 0.25) is 5.91 Å². The zero-order chi connectivity index (χ0) is 15.3. The van der Waals surface area contributed by atoms with Crippen molar-refractivity contribution >= 4 is 5.91 Å². The molecule has 1 atom stereocenters. The molecule has 0 aromatic heterocycles. The number of aliphatic hydroxyl groups is 1. The zero-order valence-corrected chi connectivity index (χ0v) is 12.6. The minimum absolute atomic E-state index is 0.0279. The molecule has 4 N–H and O–H groups in total. The maximum absolute atomic E-state index is 12.5. The van der Waals surface area contributed by atoms with E-state index in [1.165, 1.54) is 0 Å². The number of hydrogen-bond donors (Lipinski definition) is 3. The van der Waals surface area contributed by atoms with Gasteiger partial charge in [-0.25, -0.2) is 0 Å². The van der Waals surface area contributed by atoms with Crippen LogP contribution in [0.5, 0.6) is 0 Å². The van der Waals surface area contributed by atoms with Crippen LogP contribution in [0.4, 0.5) is 0 Å². The lowest BCUT2D eigenvalue weighted by Crippen LogP contribution is -2.59. The fraction of sp³-hybridized carbons (Fsp3) is 0.562. The predicted octanol–water partition coefficient (Wildman–Crippen LogP) is 0.649. The molecule has 0 radical (unpaired) electrons. The molecule has 2 rings (SSSR count). The van der Waals surface area contributed by atoms with E-state index < -0.39 is 5.54 Å². The van der Waals surface area contributed by atoms with E-state index in [0.29, 0.717) is 19.3 Å². The number of carbonyl (C=O) groups is 1. The third-order valence-corrected chi connectivity index (χ3v) is 4.26. The van der Waals surface area contributed by atoms with E-state index in [-0.39, 0.29) is 18.6 Å². The Labute approximate surface area is 126 Å². The molecule has 0 spiro atoms. The summed E-state index contributed by atoms with van der Waals surface area (Å²) in [6, 6.07) is 9.52. The van der Waals surface area contributed by atoms with Crippen LogP contribution in [-0.4, -0.2) is 48.2 Å². The first kappa shape index (κ1) is 15.9. The van der Waals surface area contributed by atoms with Gasteiger partial charge in [-0.05, 0) is 31.9 Å². The van der Waals surface area contributed by atoms with Gasteiger partial charge in [-0.15, -0.1) is 0 Å². The molecule has 0 aliphatic carbocycles. The van der Waals surface area contributed by atoms with Gasteiger partial charge in [0.15, 0.2) is 0 Å². The van der Waals surface area contributed by atoms with Crippen LogP contribution < -0.4 is 11.1 Å². The predicted molar refractivity (Wildman–Crippen MR) is 82.7 cm³/mol. The van der Waals surface area contributed by atoms with Crippen LogP contribution in [0.3, 0.4) is 0 Å². The molecule has 1 aliphatic rings. The van der Waals surface area contributed by atoms with Crippen LogP contribution in [0, 0.1) is 0 Å². The Morgan fingerprint density at radius 1 is 1.38 bits per heavy atom. The van der Waals surface area contributed by atoms with Crippen molar-refractivity contribution in [2.75, 3.05) is 26.7 Å². The van der Waals surface area contributed by atoms with Crippen molar-refractivity contribution in [1.29, 1.82) is 0 Å². The van der Waals surface area contributed by atoms with Crippen LogP contribution >= 0.6 is 0 Å². The number of benzene rings is 1. The van der Waals surface area contributed by atoms with Crippen molar-refractivity contribution in [2.45, 2.75) is 30.8 Å². The summed E-state index contributed by atoms with van der Waals surface area (Å²) in [6.45, 7) is 1.69. The molecule has 1 saturated heterocycles. The molecule has 5 nitrogen and oxygen atoms in total. The standard InChI is InChI=1S/C16H25N3O2/c1-19-10-8-16(17,9-11-19)15(21)18-14(7-12-20)13-5-3-2-4-6-13/h2-6,14,20H,7-12,17H2,1H3,(H,18,21)/t14-/m1/s1. The van der Waals surface area contributed by atoms with Crippen molar-refractivity contribution in [1.82, 2.24) is 10.2 Å². The minimum atomic E-state index is -0.797. The van der Waals surface area contributed by atoms with E-state index >= 15 is 0 Å². The second kappa shape index (κ2) is 7.02. The van der Waals surface area contributed by atoms with E-state index in [9.17, 15) is 9.90 Å². The maximum Gasteiger partial charge on any atom is 0.240 e. The SMILES string of the molecule is CN1CCC(N)(C(=O)N[C@H](CCO)c2ccccc2)CC1. The molecule has 5 heteroatoms. The lowest BCUT2D eigenvalue weighted by Gasteiger charge is -2.37. The summed E-state index contributed by atoms with van der Waals surface area (Å²) in [5, 5.41) is 12.2. The van der Waals surface area contributed by atoms with E-state index in [4.69, 9.17) is 5.73 Å². The van der Waals surface area contributed by atoms with Gasteiger partial charge in [0, 0.05) is 19.7 Å². The third-order valence-electron chi connectivity index (χ3n) is 4.26. The van der Waals surface area contributed by atoms with Crippen molar-refractivity contribution < 1.29 is 9.90 Å². The average Bonchev–Trinajstić information content (AvgIpc) is 2.51. The molecule has 0 saturated carbocycles. The first-order chi connectivity index (χ1) is 10.0. The van der Waals surface area contributed by atoms with Gasteiger partial charge in [0.25, 0.3) is 0 Å². The second-order valence-electron chi connectivity index (χ2n) is 5.91. The number of hydrogen-bond acceptors (Lipinski definition) is 4. The lowest BCUT2D eigenvalue weighted by molar-refractivity contribution is -0.128. The fourth-order valence-electron chi connectivity index (χ4n) is 2.68. The number of nitrogens with two attached hydrogens (primary N) is 1. The van der Waals surface area contributed by atoms with Crippen LogP contribution in [0.1, 0.15) is 30.9 Å². The Bertz CT molecular complexity index is 456. The first-order valence-electron chi connectivity index (χ1n) is 7.49. The zero-order valence-electron chi connectivity index (χ0n) is 12.6. The van der Waals surface area contributed by atoms with Crippen molar-refractivity contribution in [3.63, 3.8) is 0 Å². The van der Waals surface area contributed by atoms with E-state index in [1.807, 2.05) is 37.4 Å². The Kier molecular flexibility index (Phi) is 5.33. The quantitative estimate of drug-likeness (QED) is 0.744. The van der Waals surface area contributed by atoms with Crippen molar-refractivity contribution in [3.05, 3.63) is 35.9 Å². The highest BCUT2D eigenvalue weighted by Gasteiger charge is 2.37. The van der Waals surface area contributed by atoms with Gasteiger partial charge < -0.3 is 21.1 Å². The molecule has 1 aliphatic heterocycles. The largest absolute Gasteiger partial charge is 0.396 e. The molecule has 0 bridgehead atoms. The topological polar surface area (TPSA) is 78.6 Å². The van der Waals surface area contributed by atoms with Crippen LogP contribution in [-0.2, 0) is 4.79 Å². The molecular weight excluding hydrogens is 266 g/mol. The summed E-state index contributed by atoms with van der Waals surface area (Å²) in [4.78, 5) is 14.7. The van der Waals surface area contributed by atoms with Gasteiger partial charge in [0.05, 0.1) is 11.6 Å². The summed E-state index contributed by atoms with van der Waals surface area (Å²) in [5.74, 6) is -0.113. The molecular formula is C16H25N3O2. The lowest BCUT2D eigenvalue weighted by atomic mass is 9.87. The summed E-state index contributed by atoms with van der Waals surface area (Å²) in [6.07, 6.45) is 1.82. The molecule has 1 heterocycles. The monoisotopic (exact) mass is 291 g/mol. The van der Waals surface area contributed by atoms with Gasteiger partial charge in [-0.2, -0.15) is 0 Å². The van der Waals surface area contributed by atoms with Crippen LogP contribution in [0.2, 0.25) is 0 Å². The van der Waals surface area contributed by atoms with Gasteiger partial charge in [-0.1, -0.05) is 30.3 Å². The molecule has 1 amide bonds. The minimum Gasteiger partial charge on any atom is -0.396 e. The van der Waals surface area contributed by atoms with Crippen LogP contribution in [0.25, 0.3) is 0 Å². The normalized spacial score (nSPS) is 20.0. The number of aliphatic hydroxyl groups excluding tert-OH is 1. The Morgan fingerprint density at radius 2 is 2.00 bits per heavy atom. The summed E-state index contributed by atoms with van der Waals surface area (Å²) < 4.78 is 0. The molecule has 1 aromatic rings. The van der Waals surface area contributed by atoms with E-state index in [2.05, 4.69) is 10.2 Å². The smallest absolute Gasteiger partial charge is 0.240 e. The van der Waals surface area contributed by atoms with E-state index in [1.54, 1.807) is 0 Å². The number of piperidine rings is 1. The first-order valence-corrected chi connectivity index (χ1v) is 7.49. The molecule has 116 valence electrons. The van der Waals surface area contributed by atoms with Crippen LogP contribution in [0.15, 0.2) is 30.3 Å². The Morgan fingerprint density at radius 3 is 2.57 bits per heavy atom. The van der Waals surface area contributed by atoms with Gasteiger partial charge >= 0.3 is 0 Å². The number of carbonyl (C=O) groups excluding carboxylic acids is 1. The number of amides is 1. The number of rotatable bonds is 5. The highest BCUT2D eigenvalue weighted by atomic mass is 16.3. The van der Waals surface area contributed by atoms with Gasteiger partial charge in [-0.3, -0.25) is 4.79 Å². The highest BCUT2D eigenvalue weighted by Crippen LogP contribution is 2.22. The second-order valence-corrected chi connectivity index (χ2v) is 5.91. The molecule has 21 heavy (non-hydrogen) atoms. The fourth-order valence-corrected chi connectivity index (χ4v) is 2.68. The molecule has 1 aromatic carbocycles. The third kappa shape index (κ3) is 4.03. The Balaban J connectivity index is 2.05. The highest BCUT2D eigenvalue weighted by molar-refractivity contribution is 5.86. The molecule has 0 unspecified atom stereocenters. The van der Waals surface area contributed by atoms with Gasteiger partial charge in [0.1, 0.15) is 0 Å². The summed E-state index contributed by atoms with van der Waals surface area (Å²) in [5.41, 5.74) is 6.49. The van der Waals surface area contributed by atoms with Crippen molar-refractivity contribution in [3.8, 4) is 0 Å². The number of nitrogens with one attached hydrogen (secondary N) is 1. The Hall–Kier alpha value is -1.43. The van der Waals surface area contributed by atoms with E-state index in [0.717, 1.165) is 18.7 Å². The van der Waals surface area contributed by atoms with Crippen molar-refractivity contribution in [2.24, 2.45) is 5.73 Å². The summed E-state index contributed by atoms with van der Waals surface area (Å²) in [7, 11) is 2.04. The average molecular weight is 291 g/mol. The molecule has 1 fully saturated rings. The number of likely N-dealkylation sites (tertiary alicyclic amines) is 1. The maximum atomic E-state index is 12.5. The number of nitrogens with zero attached hydrogens (tertiary/aromatic N) is 1.